The summed E-state index contributed by atoms with van der Waals surface area (Å²) in [6, 6.07) is 0. The third-order valence-electron chi connectivity index (χ3n) is 4.97. The predicted octanol–water partition coefficient (Wildman–Crippen LogP) is 2.14. The Kier molecular flexibility index (Phi) is 7.71. The maximum atomic E-state index is 12.3. The van der Waals surface area contributed by atoms with Crippen LogP contribution in [0.15, 0.2) is 47.1 Å². The standard InChI is InChI=1S/C22H30O7/c1-13(2)8-6-9-14(3)10-7-11-15(4)12-16(23)22-18(24)21(26)28-17(19(22)29-22)20(25)27-5/h7-8,10-12,16-17,19,21,23,26H,6,9H2,1-5H3/b11-7+,14-10+,15-12+/t16?,17-,19-,21-,22+/m1/s1. The zero-order chi connectivity index (χ0) is 21.8. The largest absolute Gasteiger partial charge is 0.467 e. The summed E-state index contributed by atoms with van der Waals surface area (Å²) in [5.41, 5.74) is 1.53. The number of Topliss-reactive ketones (excluding diaryl/α,β-unsaturated/α-hetero) is 1. The van der Waals surface area contributed by atoms with Crippen molar-refractivity contribution < 1.29 is 34.0 Å². The Labute approximate surface area is 171 Å². The van der Waals surface area contributed by atoms with Gasteiger partial charge in [0, 0.05) is 0 Å². The fraction of sp³-hybridized carbons (Fsp3) is 0.545. The van der Waals surface area contributed by atoms with Crippen LogP contribution in [0.25, 0.3) is 0 Å². The highest BCUT2D eigenvalue weighted by Crippen LogP contribution is 2.48. The number of aliphatic hydroxyl groups is 2. The molecule has 0 saturated carbocycles. The molecule has 2 aliphatic heterocycles. The summed E-state index contributed by atoms with van der Waals surface area (Å²) in [6.45, 7) is 7.97. The van der Waals surface area contributed by atoms with Gasteiger partial charge in [-0.25, -0.2) is 4.79 Å². The second-order valence-corrected chi connectivity index (χ2v) is 7.68. The van der Waals surface area contributed by atoms with Gasteiger partial charge in [-0.3, -0.25) is 4.79 Å². The maximum Gasteiger partial charge on any atom is 0.338 e. The summed E-state index contributed by atoms with van der Waals surface area (Å²) in [6.07, 6.45) is 5.82. The third-order valence-corrected chi connectivity index (χ3v) is 4.97. The lowest BCUT2D eigenvalue weighted by Crippen LogP contribution is -2.55. The van der Waals surface area contributed by atoms with E-state index in [1.165, 1.54) is 24.3 Å². The van der Waals surface area contributed by atoms with Crippen LogP contribution in [-0.4, -0.2) is 59.3 Å². The summed E-state index contributed by atoms with van der Waals surface area (Å²) in [5, 5.41) is 20.4. The minimum absolute atomic E-state index is 0.706. The van der Waals surface area contributed by atoms with Gasteiger partial charge < -0.3 is 24.4 Å². The number of ether oxygens (including phenoxy) is 3. The van der Waals surface area contributed by atoms with Crippen LogP contribution in [-0.2, 0) is 23.8 Å². The molecule has 2 N–H and O–H groups in total. The molecule has 7 nitrogen and oxygen atoms in total. The van der Waals surface area contributed by atoms with Crippen LogP contribution in [0, 0.1) is 0 Å². The first-order chi connectivity index (χ1) is 13.6. The van der Waals surface area contributed by atoms with Gasteiger partial charge in [-0.1, -0.05) is 41.0 Å². The molecule has 0 spiro atoms. The number of fused-ring (bicyclic) bond motifs is 1. The van der Waals surface area contributed by atoms with E-state index in [1.807, 2.05) is 19.1 Å². The number of carbonyl (C=O) groups excluding carboxylic acids is 2. The van der Waals surface area contributed by atoms with E-state index in [1.54, 1.807) is 13.0 Å². The highest BCUT2D eigenvalue weighted by molar-refractivity contribution is 5.97. The zero-order valence-electron chi connectivity index (χ0n) is 17.5. The van der Waals surface area contributed by atoms with Crippen LogP contribution in [0.2, 0.25) is 0 Å². The number of epoxide rings is 1. The van der Waals surface area contributed by atoms with Gasteiger partial charge in [-0.15, -0.1) is 0 Å². The minimum Gasteiger partial charge on any atom is -0.467 e. The van der Waals surface area contributed by atoms with E-state index >= 15 is 0 Å². The summed E-state index contributed by atoms with van der Waals surface area (Å²) in [4.78, 5) is 24.1. The van der Waals surface area contributed by atoms with Crippen LogP contribution >= 0.6 is 0 Å². The normalized spacial score (nSPS) is 30.7. The molecule has 160 valence electrons. The average Bonchev–Trinajstić information content (AvgIpc) is 3.41. The number of aliphatic hydroxyl groups excluding tert-OH is 2. The highest BCUT2D eigenvalue weighted by Gasteiger charge is 2.75. The molecule has 2 rings (SSSR count). The van der Waals surface area contributed by atoms with Crippen molar-refractivity contribution in [1.29, 1.82) is 0 Å². The molecular formula is C22H30O7. The van der Waals surface area contributed by atoms with Crippen molar-refractivity contribution in [2.24, 2.45) is 0 Å². The first-order valence-corrected chi connectivity index (χ1v) is 9.60. The zero-order valence-corrected chi connectivity index (χ0v) is 17.5. The molecule has 0 aromatic heterocycles. The Balaban J connectivity index is 2.05. The third kappa shape index (κ3) is 5.30. The van der Waals surface area contributed by atoms with E-state index in [4.69, 9.17) is 9.47 Å². The van der Waals surface area contributed by atoms with Crippen molar-refractivity contribution in [2.75, 3.05) is 7.11 Å². The lowest BCUT2D eigenvalue weighted by molar-refractivity contribution is -0.193. The van der Waals surface area contributed by atoms with E-state index in [2.05, 4.69) is 24.7 Å². The maximum absolute atomic E-state index is 12.3. The first-order valence-electron chi connectivity index (χ1n) is 9.60. The molecule has 0 aliphatic carbocycles. The van der Waals surface area contributed by atoms with Gasteiger partial charge in [-0.05, 0) is 46.6 Å². The fourth-order valence-corrected chi connectivity index (χ4v) is 3.27. The van der Waals surface area contributed by atoms with E-state index in [0.29, 0.717) is 5.57 Å². The molecule has 2 saturated heterocycles. The molecular weight excluding hydrogens is 376 g/mol. The Morgan fingerprint density at radius 2 is 2.00 bits per heavy atom. The topological polar surface area (TPSA) is 106 Å². The van der Waals surface area contributed by atoms with E-state index < -0.39 is 42.0 Å². The molecule has 0 amide bonds. The van der Waals surface area contributed by atoms with Crippen LogP contribution < -0.4 is 0 Å². The molecule has 0 radical (unpaired) electrons. The van der Waals surface area contributed by atoms with Gasteiger partial charge in [-0.2, -0.15) is 0 Å². The summed E-state index contributed by atoms with van der Waals surface area (Å²) in [5.74, 6) is -1.58. The molecule has 29 heavy (non-hydrogen) atoms. The quantitative estimate of drug-likeness (QED) is 0.275. The SMILES string of the molecule is COC(=O)[C@@H]1O[C@@H](O)C(=O)[C@]2(C(O)/C=C(C)/C=C/C=C(\C)CCC=C(C)C)O[C@H]12. The number of esters is 1. The number of hydrogen-bond acceptors (Lipinski definition) is 7. The Bertz CT molecular complexity index is 757. The van der Waals surface area contributed by atoms with Gasteiger partial charge >= 0.3 is 5.97 Å². The second kappa shape index (κ2) is 9.63. The molecule has 0 bridgehead atoms. The first kappa shape index (κ1) is 23.2. The van der Waals surface area contributed by atoms with Crippen molar-refractivity contribution in [3.8, 4) is 0 Å². The van der Waals surface area contributed by atoms with E-state index in [0.717, 1.165) is 12.8 Å². The number of allylic oxidation sites excluding steroid dienone is 7. The summed E-state index contributed by atoms with van der Waals surface area (Å²) < 4.78 is 15.0. The average molecular weight is 406 g/mol. The van der Waals surface area contributed by atoms with Gasteiger partial charge in [0.15, 0.2) is 11.7 Å². The highest BCUT2D eigenvalue weighted by atomic mass is 16.7. The molecule has 0 aromatic rings. The van der Waals surface area contributed by atoms with Crippen molar-refractivity contribution in [3.05, 3.63) is 47.1 Å². The van der Waals surface area contributed by atoms with E-state index in [9.17, 15) is 19.8 Å². The van der Waals surface area contributed by atoms with E-state index in [-0.39, 0.29) is 0 Å². The van der Waals surface area contributed by atoms with Crippen LogP contribution in [0.1, 0.15) is 40.5 Å². The van der Waals surface area contributed by atoms with Crippen LogP contribution in [0.3, 0.4) is 0 Å². The van der Waals surface area contributed by atoms with Crippen LogP contribution in [0.5, 0.6) is 0 Å². The number of rotatable bonds is 8. The summed E-state index contributed by atoms with van der Waals surface area (Å²) in [7, 11) is 1.17. The lowest BCUT2D eigenvalue weighted by Gasteiger charge is -2.27. The molecule has 5 atom stereocenters. The van der Waals surface area contributed by atoms with Crippen LogP contribution in [0.4, 0.5) is 0 Å². The van der Waals surface area contributed by atoms with Gasteiger partial charge in [0.2, 0.25) is 12.1 Å². The van der Waals surface area contributed by atoms with Gasteiger partial charge in [0.1, 0.15) is 12.2 Å². The number of ketones is 1. The molecule has 2 heterocycles. The molecule has 0 aromatic carbocycles. The number of carbonyl (C=O) groups is 2. The second-order valence-electron chi connectivity index (χ2n) is 7.68. The van der Waals surface area contributed by atoms with Crippen molar-refractivity contribution in [3.63, 3.8) is 0 Å². The Morgan fingerprint density at radius 1 is 1.31 bits per heavy atom. The monoisotopic (exact) mass is 406 g/mol. The smallest absolute Gasteiger partial charge is 0.338 e. The summed E-state index contributed by atoms with van der Waals surface area (Å²) >= 11 is 0. The van der Waals surface area contributed by atoms with Crippen molar-refractivity contribution in [2.45, 2.75) is 70.7 Å². The predicted molar refractivity (Wildman–Crippen MR) is 107 cm³/mol. The van der Waals surface area contributed by atoms with Crippen molar-refractivity contribution >= 4 is 11.8 Å². The Morgan fingerprint density at radius 3 is 2.62 bits per heavy atom. The minimum atomic E-state index is -1.86. The molecule has 7 heteroatoms. The lowest BCUT2D eigenvalue weighted by atomic mass is 9.87. The Hall–Kier alpha value is -2.06. The molecule has 1 unspecified atom stereocenters. The van der Waals surface area contributed by atoms with Gasteiger partial charge in [0.25, 0.3) is 0 Å². The fourth-order valence-electron chi connectivity index (χ4n) is 3.27. The number of hydrogen-bond donors (Lipinski definition) is 2. The van der Waals surface area contributed by atoms with Gasteiger partial charge in [0.05, 0.1) is 7.11 Å². The molecule has 2 aliphatic rings. The number of methoxy groups -OCH3 is 1. The van der Waals surface area contributed by atoms with Crippen molar-refractivity contribution in [1.82, 2.24) is 0 Å². The molecule has 2 fully saturated rings.